The summed E-state index contributed by atoms with van der Waals surface area (Å²) in [6.07, 6.45) is 1.34. The summed E-state index contributed by atoms with van der Waals surface area (Å²) in [6.45, 7) is -0.282. The zero-order chi connectivity index (χ0) is 14.9. The molecule has 104 valence electrons. The molecule has 0 saturated carbocycles. The molecule has 6 nitrogen and oxygen atoms in total. The van der Waals surface area contributed by atoms with Crippen LogP contribution in [0.1, 0.15) is 9.67 Å². The first-order valence-electron chi connectivity index (χ1n) is 5.21. The van der Waals surface area contributed by atoms with Crippen molar-refractivity contribution in [2.75, 3.05) is 0 Å². The molecule has 2 rings (SSSR count). The van der Waals surface area contributed by atoms with Crippen LogP contribution in [-0.2, 0) is 6.54 Å². The van der Waals surface area contributed by atoms with E-state index in [0.29, 0.717) is 13.7 Å². The Morgan fingerprint density at radius 1 is 1.50 bits per heavy atom. The number of hydrogen-bond donors (Lipinski definition) is 0. The van der Waals surface area contributed by atoms with Crippen LogP contribution in [0.2, 0.25) is 4.34 Å². The molecule has 0 unspecified atom stereocenters. The lowest BCUT2D eigenvalue weighted by Crippen LogP contribution is -2.25. The van der Waals surface area contributed by atoms with Crippen LogP contribution in [0.25, 0.3) is 0 Å². The summed E-state index contributed by atoms with van der Waals surface area (Å²) >= 11 is 9.89. The summed E-state index contributed by atoms with van der Waals surface area (Å²) in [5.41, 5.74) is -1.41. The van der Waals surface area contributed by atoms with Crippen LogP contribution in [0.4, 0.5) is 5.69 Å². The number of nitro groups is 1. The van der Waals surface area contributed by atoms with E-state index in [9.17, 15) is 19.7 Å². The molecular weight excluding hydrogens is 372 g/mol. The van der Waals surface area contributed by atoms with Crippen molar-refractivity contribution in [1.29, 1.82) is 0 Å². The number of nitrogens with zero attached hydrogens (tertiary/aromatic N) is 2. The van der Waals surface area contributed by atoms with Crippen LogP contribution in [-0.4, -0.2) is 15.3 Å². The molecule has 0 spiro atoms. The number of halogens is 2. The average Bonchev–Trinajstić information content (AvgIpc) is 2.79. The maximum Gasteiger partial charge on any atom is 0.335 e. The molecule has 0 saturated heterocycles. The summed E-state index contributed by atoms with van der Waals surface area (Å²) < 4.78 is 1.81. The van der Waals surface area contributed by atoms with E-state index < -0.39 is 16.2 Å². The monoisotopic (exact) mass is 376 g/mol. The highest BCUT2D eigenvalue weighted by Gasteiger charge is 2.18. The molecule has 0 aliphatic carbocycles. The van der Waals surface area contributed by atoms with Gasteiger partial charge in [-0.2, -0.15) is 0 Å². The number of rotatable bonds is 4. The van der Waals surface area contributed by atoms with Crippen LogP contribution in [0.5, 0.6) is 0 Å². The van der Waals surface area contributed by atoms with E-state index in [1.807, 2.05) is 0 Å². The van der Waals surface area contributed by atoms with Crippen molar-refractivity contribution in [2.24, 2.45) is 0 Å². The number of ketones is 1. The largest absolute Gasteiger partial charge is 0.335 e. The normalized spacial score (nSPS) is 10.5. The van der Waals surface area contributed by atoms with Crippen molar-refractivity contribution in [3.63, 3.8) is 0 Å². The molecule has 0 amide bonds. The molecular formula is C11H6BrClN2O4S. The highest BCUT2D eigenvalue weighted by atomic mass is 79.9. The van der Waals surface area contributed by atoms with Crippen molar-refractivity contribution in [2.45, 2.75) is 6.54 Å². The van der Waals surface area contributed by atoms with Gasteiger partial charge >= 0.3 is 11.2 Å². The van der Waals surface area contributed by atoms with Crippen LogP contribution in [0.15, 0.2) is 33.7 Å². The van der Waals surface area contributed by atoms with Gasteiger partial charge in [-0.25, -0.2) is 0 Å². The van der Waals surface area contributed by atoms with E-state index in [1.165, 1.54) is 6.20 Å². The van der Waals surface area contributed by atoms with E-state index in [1.54, 1.807) is 12.1 Å². The van der Waals surface area contributed by atoms with E-state index in [-0.39, 0.29) is 12.3 Å². The second-order valence-corrected chi connectivity index (χ2v) is 6.39. The molecule has 0 radical (unpaired) electrons. The van der Waals surface area contributed by atoms with E-state index >= 15 is 0 Å². The molecule has 20 heavy (non-hydrogen) atoms. The number of thiophene rings is 1. The summed E-state index contributed by atoms with van der Waals surface area (Å²) in [4.78, 5) is 34.2. The summed E-state index contributed by atoms with van der Waals surface area (Å²) in [6, 6.07) is 4.23. The minimum absolute atomic E-state index is 0.282. The second-order valence-electron chi connectivity index (χ2n) is 3.76. The van der Waals surface area contributed by atoms with E-state index in [4.69, 9.17) is 11.6 Å². The quantitative estimate of drug-likeness (QED) is 0.466. The molecule has 9 heteroatoms. The fourth-order valence-corrected chi connectivity index (χ4v) is 2.97. The number of carbonyl (C=O) groups excluding carboxylic acids is 1. The zero-order valence-corrected chi connectivity index (χ0v) is 12.9. The standard InChI is InChI=1S/C11H6BrClN2O4S/c12-6-3-7(15(18)19)11(17)14(4-6)5-8(16)9-1-2-10(13)20-9/h1-4H,5H2. The highest BCUT2D eigenvalue weighted by molar-refractivity contribution is 9.10. The molecule has 0 aromatic carbocycles. The molecule has 0 fully saturated rings. The smallest absolute Gasteiger partial charge is 0.301 e. The molecule has 0 aliphatic rings. The third-order valence-corrected chi connectivity index (χ3v) is 4.10. The third-order valence-electron chi connectivity index (χ3n) is 2.39. The van der Waals surface area contributed by atoms with Gasteiger partial charge in [-0.1, -0.05) is 11.6 Å². The number of carbonyl (C=O) groups is 1. The predicted molar refractivity (Wildman–Crippen MR) is 78.7 cm³/mol. The fourth-order valence-electron chi connectivity index (χ4n) is 1.53. The van der Waals surface area contributed by atoms with Crippen molar-refractivity contribution >= 4 is 50.3 Å². The Bertz CT molecular complexity index is 755. The van der Waals surface area contributed by atoms with E-state index in [0.717, 1.165) is 22.0 Å². The third kappa shape index (κ3) is 3.14. The summed E-state index contributed by atoms with van der Waals surface area (Å²) in [7, 11) is 0. The van der Waals surface area contributed by atoms with Gasteiger partial charge in [0, 0.05) is 16.7 Å². The van der Waals surface area contributed by atoms with Crippen molar-refractivity contribution in [1.82, 2.24) is 4.57 Å². The maximum absolute atomic E-state index is 12.0. The number of aromatic nitrogens is 1. The van der Waals surface area contributed by atoms with Crippen molar-refractivity contribution in [3.05, 3.63) is 58.6 Å². The lowest BCUT2D eigenvalue weighted by molar-refractivity contribution is -0.386. The number of hydrogen-bond acceptors (Lipinski definition) is 5. The minimum Gasteiger partial charge on any atom is -0.301 e. The molecule has 2 heterocycles. The molecule has 2 aromatic heterocycles. The Labute approximate surface area is 129 Å². The molecule has 0 N–H and O–H groups in total. The first kappa shape index (κ1) is 14.9. The lowest BCUT2D eigenvalue weighted by atomic mass is 10.3. The first-order valence-corrected chi connectivity index (χ1v) is 7.20. The van der Waals surface area contributed by atoms with Gasteiger partial charge in [0.1, 0.15) is 0 Å². The highest BCUT2D eigenvalue weighted by Crippen LogP contribution is 2.22. The topological polar surface area (TPSA) is 82.2 Å². The lowest BCUT2D eigenvalue weighted by Gasteiger charge is -2.04. The molecule has 0 aliphatic heterocycles. The zero-order valence-electron chi connectivity index (χ0n) is 9.71. The Kier molecular flexibility index (Phi) is 4.36. The van der Waals surface area contributed by atoms with Crippen LogP contribution >= 0.6 is 38.9 Å². The second kappa shape index (κ2) is 5.86. The van der Waals surface area contributed by atoms with Gasteiger partial charge in [0.05, 0.1) is 20.7 Å². The maximum atomic E-state index is 12.0. The van der Waals surface area contributed by atoms with Gasteiger partial charge in [0.15, 0.2) is 5.78 Å². The van der Waals surface area contributed by atoms with Gasteiger partial charge in [0.2, 0.25) is 0 Å². The Hall–Kier alpha value is -1.51. The molecule has 0 bridgehead atoms. The molecule has 2 aromatic rings. The van der Waals surface area contributed by atoms with Gasteiger partial charge in [0.25, 0.3) is 0 Å². The van der Waals surface area contributed by atoms with Gasteiger partial charge < -0.3 is 4.57 Å². The van der Waals surface area contributed by atoms with Crippen LogP contribution < -0.4 is 5.56 Å². The first-order chi connectivity index (χ1) is 9.38. The van der Waals surface area contributed by atoms with Gasteiger partial charge in [-0.05, 0) is 28.1 Å². The van der Waals surface area contributed by atoms with Gasteiger partial charge in [-0.3, -0.25) is 19.7 Å². The number of pyridine rings is 1. The average molecular weight is 378 g/mol. The Balaban J connectivity index is 2.37. The van der Waals surface area contributed by atoms with Crippen molar-refractivity contribution in [3.8, 4) is 0 Å². The van der Waals surface area contributed by atoms with Crippen LogP contribution in [0, 0.1) is 10.1 Å². The SMILES string of the molecule is O=C(Cn1cc(Br)cc([N+](=O)[O-])c1=O)c1ccc(Cl)s1. The summed E-state index contributed by atoms with van der Waals surface area (Å²) in [5, 5.41) is 10.8. The predicted octanol–water partition coefficient (Wildman–Crippen LogP) is 3.12. The fraction of sp³-hybridized carbons (Fsp3) is 0.0909. The minimum atomic E-state index is -0.825. The summed E-state index contributed by atoms with van der Waals surface area (Å²) in [5.74, 6) is -0.337. The van der Waals surface area contributed by atoms with Crippen LogP contribution in [0.3, 0.4) is 0 Å². The Morgan fingerprint density at radius 2 is 2.20 bits per heavy atom. The van der Waals surface area contributed by atoms with Crippen molar-refractivity contribution < 1.29 is 9.72 Å². The Morgan fingerprint density at radius 3 is 2.75 bits per heavy atom. The van der Waals surface area contributed by atoms with Gasteiger partial charge in [-0.15, -0.1) is 11.3 Å². The molecule has 0 atom stereocenters. The number of Topliss-reactive ketones (excluding diaryl/α,β-unsaturated/α-hetero) is 1. The van der Waals surface area contributed by atoms with E-state index in [2.05, 4.69) is 15.9 Å².